The highest BCUT2D eigenvalue weighted by Crippen LogP contribution is 2.44. The summed E-state index contributed by atoms with van der Waals surface area (Å²) in [4.78, 5) is 17.1. The maximum atomic E-state index is 12.2. The number of aromatic nitrogens is 1. The number of nitrogens with zero attached hydrogens (tertiary/aromatic N) is 1. The number of carboxylic acids is 1. The van der Waals surface area contributed by atoms with Crippen LogP contribution in [-0.2, 0) is 0 Å². The Morgan fingerprint density at radius 2 is 1.77 bits per heavy atom. The third-order valence-corrected chi connectivity index (χ3v) is 6.48. The number of fused-ring (bicyclic) bond motifs is 2. The zero-order valence-corrected chi connectivity index (χ0v) is 17.4. The lowest BCUT2D eigenvalue weighted by Crippen LogP contribution is -2.06. The number of pyridine rings is 1. The first-order valence-electron chi connectivity index (χ1n) is 10.7. The average molecular weight is 399 g/mol. The molecule has 0 bridgehead atoms. The Bertz CT molecular complexity index is 1280. The molecule has 2 heterocycles. The fourth-order valence-electron chi connectivity index (χ4n) is 4.98. The van der Waals surface area contributed by atoms with Crippen molar-refractivity contribution in [3.05, 3.63) is 64.7 Å². The van der Waals surface area contributed by atoms with E-state index in [2.05, 4.69) is 6.07 Å². The molecule has 0 atom stereocenters. The van der Waals surface area contributed by atoms with Crippen LogP contribution in [0.2, 0.25) is 0 Å². The van der Waals surface area contributed by atoms with Gasteiger partial charge in [-0.1, -0.05) is 49.6 Å². The van der Waals surface area contributed by atoms with Crippen molar-refractivity contribution in [2.45, 2.75) is 51.9 Å². The summed E-state index contributed by atoms with van der Waals surface area (Å²) in [6, 6.07) is 13.8. The van der Waals surface area contributed by atoms with Crippen LogP contribution >= 0.6 is 0 Å². The number of hydrogen-bond donors (Lipinski definition) is 1. The van der Waals surface area contributed by atoms with Gasteiger partial charge < -0.3 is 9.52 Å². The van der Waals surface area contributed by atoms with Gasteiger partial charge in [-0.2, -0.15) is 0 Å². The number of carbonyl (C=O) groups is 1. The Morgan fingerprint density at radius 3 is 2.53 bits per heavy atom. The molecule has 2 aromatic carbocycles. The van der Waals surface area contributed by atoms with Crippen LogP contribution in [0.4, 0.5) is 0 Å². The minimum atomic E-state index is -0.937. The highest BCUT2D eigenvalue weighted by atomic mass is 16.4. The zero-order chi connectivity index (χ0) is 20.8. The molecular formula is C26H25NO3. The predicted molar refractivity (Wildman–Crippen MR) is 119 cm³/mol. The molecule has 0 saturated heterocycles. The van der Waals surface area contributed by atoms with Crippen LogP contribution < -0.4 is 0 Å². The smallest absolute Gasteiger partial charge is 0.336 e. The van der Waals surface area contributed by atoms with E-state index in [1.165, 1.54) is 24.8 Å². The zero-order valence-electron chi connectivity index (χ0n) is 17.4. The molecule has 0 radical (unpaired) electrons. The number of aryl methyl sites for hydroxylation is 2. The molecule has 5 rings (SSSR count). The van der Waals surface area contributed by atoms with E-state index in [4.69, 9.17) is 9.40 Å². The third-order valence-electron chi connectivity index (χ3n) is 6.48. The van der Waals surface area contributed by atoms with Crippen molar-refractivity contribution in [2.75, 3.05) is 0 Å². The number of furan rings is 1. The minimum absolute atomic E-state index is 0.284. The fourth-order valence-corrected chi connectivity index (χ4v) is 4.98. The van der Waals surface area contributed by atoms with Gasteiger partial charge in [-0.05, 0) is 55.9 Å². The highest BCUT2D eigenvalue weighted by Gasteiger charge is 2.27. The van der Waals surface area contributed by atoms with Crippen LogP contribution in [0, 0.1) is 13.8 Å². The van der Waals surface area contributed by atoms with Crippen LogP contribution in [0.1, 0.15) is 65.1 Å². The maximum Gasteiger partial charge on any atom is 0.336 e. The average Bonchev–Trinajstić information content (AvgIpc) is 3.16. The van der Waals surface area contributed by atoms with E-state index in [1.54, 1.807) is 6.07 Å². The van der Waals surface area contributed by atoms with Crippen molar-refractivity contribution in [1.82, 2.24) is 4.98 Å². The Labute approximate surface area is 175 Å². The normalized spacial score (nSPS) is 15.1. The van der Waals surface area contributed by atoms with Crippen LogP contribution in [-0.4, -0.2) is 16.1 Å². The van der Waals surface area contributed by atoms with E-state index in [0.717, 1.165) is 46.2 Å². The largest absolute Gasteiger partial charge is 0.478 e. The molecule has 0 spiro atoms. The van der Waals surface area contributed by atoms with Gasteiger partial charge in [0.15, 0.2) is 5.76 Å². The van der Waals surface area contributed by atoms with Gasteiger partial charge in [-0.3, -0.25) is 0 Å². The standard InChI is InChI=1S/C26H25NO3/c1-15-12-13-16(2)24-22(15)19(26(28)29)14-20(27-24)25-23(17-8-4-3-5-9-17)18-10-6-7-11-21(18)30-25/h6-7,10-14,17H,3-5,8-9H2,1-2H3,(H,28,29). The summed E-state index contributed by atoms with van der Waals surface area (Å²) < 4.78 is 6.34. The molecule has 1 aliphatic rings. The van der Waals surface area contributed by atoms with Crippen LogP contribution in [0.5, 0.6) is 0 Å². The summed E-state index contributed by atoms with van der Waals surface area (Å²) in [5, 5.41) is 11.8. The summed E-state index contributed by atoms with van der Waals surface area (Å²) in [7, 11) is 0. The third kappa shape index (κ3) is 2.98. The molecule has 0 unspecified atom stereocenters. The predicted octanol–water partition coefficient (Wildman–Crippen LogP) is 7.01. The van der Waals surface area contributed by atoms with Crippen molar-refractivity contribution in [3.63, 3.8) is 0 Å². The summed E-state index contributed by atoms with van der Waals surface area (Å²) >= 11 is 0. The van der Waals surface area contributed by atoms with E-state index >= 15 is 0 Å². The first-order valence-corrected chi connectivity index (χ1v) is 10.7. The lowest BCUT2D eigenvalue weighted by Gasteiger charge is -2.22. The van der Waals surface area contributed by atoms with Gasteiger partial charge in [0.2, 0.25) is 0 Å². The van der Waals surface area contributed by atoms with Crippen molar-refractivity contribution in [1.29, 1.82) is 0 Å². The van der Waals surface area contributed by atoms with E-state index in [0.29, 0.717) is 17.0 Å². The highest BCUT2D eigenvalue weighted by molar-refractivity contribution is 6.06. The molecule has 4 heteroatoms. The van der Waals surface area contributed by atoms with Crippen molar-refractivity contribution >= 4 is 27.8 Å². The number of para-hydroxylation sites is 1. The summed E-state index contributed by atoms with van der Waals surface area (Å²) in [5.41, 5.74) is 5.56. The molecule has 0 aliphatic heterocycles. The van der Waals surface area contributed by atoms with E-state index in [-0.39, 0.29) is 5.56 Å². The van der Waals surface area contributed by atoms with E-state index < -0.39 is 5.97 Å². The molecule has 1 saturated carbocycles. The van der Waals surface area contributed by atoms with Crippen LogP contribution in [0.3, 0.4) is 0 Å². The second-order valence-electron chi connectivity index (χ2n) is 8.46. The fraction of sp³-hybridized carbons (Fsp3) is 0.308. The van der Waals surface area contributed by atoms with Gasteiger partial charge in [-0.15, -0.1) is 0 Å². The molecule has 1 N–H and O–H groups in total. The van der Waals surface area contributed by atoms with E-state index in [9.17, 15) is 9.90 Å². The van der Waals surface area contributed by atoms with Crippen LogP contribution in [0.25, 0.3) is 33.3 Å². The summed E-state index contributed by atoms with van der Waals surface area (Å²) in [6.45, 7) is 3.91. The molecule has 1 fully saturated rings. The Hall–Kier alpha value is -3.14. The first-order chi connectivity index (χ1) is 14.5. The van der Waals surface area contributed by atoms with E-state index in [1.807, 2.05) is 44.2 Å². The lowest BCUT2D eigenvalue weighted by molar-refractivity contribution is 0.0699. The molecule has 1 aliphatic carbocycles. The van der Waals surface area contributed by atoms with Gasteiger partial charge >= 0.3 is 5.97 Å². The number of rotatable bonds is 3. The van der Waals surface area contributed by atoms with Gasteiger partial charge in [0, 0.05) is 16.3 Å². The Morgan fingerprint density at radius 1 is 1.03 bits per heavy atom. The van der Waals surface area contributed by atoms with Crippen molar-refractivity contribution in [3.8, 4) is 11.5 Å². The quantitative estimate of drug-likeness (QED) is 0.402. The Kier molecular flexibility index (Phi) is 4.58. The first kappa shape index (κ1) is 18.9. The topological polar surface area (TPSA) is 63.3 Å². The second kappa shape index (κ2) is 7.28. The number of benzene rings is 2. The van der Waals surface area contributed by atoms with Gasteiger partial charge in [0.1, 0.15) is 11.3 Å². The summed E-state index contributed by atoms with van der Waals surface area (Å²) in [6.07, 6.45) is 5.97. The number of hydrogen-bond acceptors (Lipinski definition) is 3. The van der Waals surface area contributed by atoms with Crippen molar-refractivity contribution < 1.29 is 14.3 Å². The molecule has 30 heavy (non-hydrogen) atoms. The Balaban J connectivity index is 1.82. The molecular weight excluding hydrogens is 374 g/mol. The molecule has 4 aromatic rings. The van der Waals surface area contributed by atoms with Gasteiger partial charge in [0.25, 0.3) is 0 Å². The number of aromatic carboxylic acids is 1. The molecule has 2 aromatic heterocycles. The summed E-state index contributed by atoms with van der Waals surface area (Å²) in [5.74, 6) is 0.211. The maximum absolute atomic E-state index is 12.2. The monoisotopic (exact) mass is 399 g/mol. The minimum Gasteiger partial charge on any atom is -0.478 e. The van der Waals surface area contributed by atoms with Crippen molar-refractivity contribution in [2.24, 2.45) is 0 Å². The molecule has 0 amide bonds. The second-order valence-corrected chi connectivity index (χ2v) is 8.46. The van der Waals surface area contributed by atoms with Gasteiger partial charge in [0.05, 0.1) is 11.1 Å². The van der Waals surface area contributed by atoms with Crippen LogP contribution in [0.15, 0.2) is 46.9 Å². The molecule has 4 nitrogen and oxygen atoms in total. The SMILES string of the molecule is Cc1ccc(C)c2c(C(=O)O)cc(-c3oc4ccccc4c3C3CCCCC3)nc12. The molecule has 152 valence electrons. The van der Waals surface area contributed by atoms with Gasteiger partial charge in [-0.25, -0.2) is 9.78 Å². The lowest BCUT2D eigenvalue weighted by atomic mass is 9.82. The number of carboxylic acid groups (broad SMARTS) is 1.